The lowest BCUT2D eigenvalue weighted by atomic mass is 9.72. The van der Waals surface area contributed by atoms with Gasteiger partial charge in [-0.2, -0.15) is 0 Å². The van der Waals surface area contributed by atoms with Crippen LogP contribution in [0.1, 0.15) is 26.7 Å². The maximum absolute atomic E-state index is 11.6. The molecule has 86 valence electrons. The van der Waals surface area contributed by atoms with Crippen LogP contribution in [-0.4, -0.2) is 30.7 Å². The number of carbonyl (C=O) groups is 1. The zero-order valence-corrected chi connectivity index (χ0v) is 9.40. The van der Waals surface area contributed by atoms with Gasteiger partial charge < -0.3 is 15.8 Å². The summed E-state index contributed by atoms with van der Waals surface area (Å²) in [5.74, 6) is 0.954. The molecule has 0 aromatic rings. The minimum atomic E-state index is 0.0451. The van der Waals surface area contributed by atoms with Gasteiger partial charge in [0, 0.05) is 25.0 Å². The van der Waals surface area contributed by atoms with Crippen LogP contribution in [0.4, 0.5) is 0 Å². The van der Waals surface area contributed by atoms with Crippen LogP contribution >= 0.6 is 0 Å². The number of nitrogens with two attached hydrogens (primary N) is 1. The molecule has 4 unspecified atom stereocenters. The van der Waals surface area contributed by atoms with E-state index in [1.165, 1.54) is 0 Å². The Labute approximate surface area is 90.5 Å². The third kappa shape index (κ3) is 2.01. The number of hydrogen-bond acceptors (Lipinski definition) is 3. The molecule has 2 rings (SSSR count). The van der Waals surface area contributed by atoms with Gasteiger partial charge in [0.15, 0.2) is 0 Å². The highest BCUT2D eigenvalue weighted by atomic mass is 16.5. The maximum Gasteiger partial charge on any atom is 0.220 e. The lowest BCUT2D eigenvalue weighted by Gasteiger charge is -2.45. The van der Waals surface area contributed by atoms with Crippen molar-refractivity contribution in [3.05, 3.63) is 0 Å². The van der Waals surface area contributed by atoms with Crippen molar-refractivity contribution >= 4 is 5.91 Å². The average Bonchev–Trinajstić information content (AvgIpc) is 2.57. The van der Waals surface area contributed by atoms with Crippen LogP contribution in [0.25, 0.3) is 0 Å². The van der Waals surface area contributed by atoms with Crippen LogP contribution in [0.5, 0.6) is 0 Å². The van der Waals surface area contributed by atoms with Crippen LogP contribution in [0.2, 0.25) is 0 Å². The first-order valence-corrected chi connectivity index (χ1v) is 5.76. The minimum absolute atomic E-state index is 0.0451. The summed E-state index contributed by atoms with van der Waals surface area (Å²) in [6.07, 6.45) is 1.79. The number of amides is 1. The number of hydrogen-bond donors (Lipinski definition) is 2. The fraction of sp³-hybridized carbons (Fsp3) is 0.909. The van der Waals surface area contributed by atoms with E-state index in [1.54, 1.807) is 0 Å². The predicted molar refractivity (Wildman–Crippen MR) is 57.2 cm³/mol. The smallest absolute Gasteiger partial charge is 0.220 e. The molecule has 1 aliphatic heterocycles. The van der Waals surface area contributed by atoms with Gasteiger partial charge in [0.05, 0.1) is 12.1 Å². The summed E-state index contributed by atoms with van der Waals surface area (Å²) < 4.78 is 5.55. The molecular formula is C11H20N2O2. The van der Waals surface area contributed by atoms with Crippen molar-refractivity contribution in [2.45, 2.75) is 44.9 Å². The Balaban J connectivity index is 1.82. The van der Waals surface area contributed by atoms with E-state index in [9.17, 15) is 4.79 Å². The number of carbonyl (C=O) groups excluding carboxylic acids is 1. The Morgan fingerprint density at radius 2 is 2.33 bits per heavy atom. The molecule has 1 amide bonds. The van der Waals surface area contributed by atoms with Crippen molar-refractivity contribution in [1.82, 2.24) is 5.32 Å². The molecule has 1 aliphatic carbocycles. The Morgan fingerprint density at radius 3 is 3.00 bits per heavy atom. The molecule has 4 atom stereocenters. The molecule has 1 saturated carbocycles. The highest BCUT2D eigenvalue weighted by Gasteiger charge is 2.52. The number of rotatable bonds is 3. The number of ether oxygens (including phenoxy) is 1. The molecule has 4 heteroatoms. The zero-order valence-electron chi connectivity index (χ0n) is 9.40. The van der Waals surface area contributed by atoms with Crippen LogP contribution in [0.15, 0.2) is 0 Å². The van der Waals surface area contributed by atoms with E-state index in [4.69, 9.17) is 10.5 Å². The molecule has 0 bridgehead atoms. The summed E-state index contributed by atoms with van der Waals surface area (Å²) in [5.41, 5.74) is 5.99. The van der Waals surface area contributed by atoms with Crippen molar-refractivity contribution in [3.63, 3.8) is 0 Å². The molecule has 0 radical (unpaired) electrons. The Morgan fingerprint density at radius 1 is 1.60 bits per heavy atom. The van der Waals surface area contributed by atoms with Gasteiger partial charge in [0.25, 0.3) is 0 Å². The van der Waals surface area contributed by atoms with Crippen molar-refractivity contribution in [3.8, 4) is 0 Å². The summed E-state index contributed by atoms with van der Waals surface area (Å²) in [6.45, 7) is 4.86. The fourth-order valence-corrected chi connectivity index (χ4v) is 2.54. The SMILES string of the molecule is CC(C)CC(=O)NC1C(N)C2CCOC21. The van der Waals surface area contributed by atoms with Gasteiger partial charge in [0.1, 0.15) is 0 Å². The van der Waals surface area contributed by atoms with Crippen molar-refractivity contribution < 1.29 is 9.53 Å². The third-order valence-electron chi connectivity index (χ3n) is 3.37. The second-order valence-corrected chi connectivity index (χ2v) is 5.06. The molecule has 0 spiro atoms. The van der Waals surface area contributed by atoms with Gasteiger partial charge in [-0.15, -0.1) is 0 Å². The van der Waals surface area contributed by atoms with Crippen LogP contribution in [0.3, 0.4) is 0 Å². The predicted octanol–water partition coefficient (Wildman–Crippen LogP) is 0.263. The second kappa shape index (κ2) is 4.10. The molecule has 0 aromatic carbocycles. The van der Waals surface area contributed by atoms with Crippen LogP contribution in [-0.2, 0) is 9.53 Å². The summed E-state index contributed by atoms with van der Waals surface area (Å²) >= 11 is 0. The lowest BCUT2D eigenvalue weighted by Crippen LogP contribution is -2.69. The van der Waals surface area contributed by atoms with E-state index in [0.717, 1.165) is 13.0 Å². The fourth-order valence-electron chi connectivity index (χ4n) is 2.54. The standard InChI is InChI=1S/C11H20N2O2/c1-6(2)5-8(14)13-10-9(12)7-3-4-15-11(7)10/h6-7,9-11H,3-5,12H2,1-2H3,(H,13,14). The molecule has 3 N–H and O–H groups in total. The summed E-state index contributed by atoms with van der Waals surface area (Å²) in [6, 6.07) is 0.136. The van der Waals surface area contributed by atoms with Crippen molar-refractivity contribution in [2.75, 3.05) is 6.61 Å². The zero-order chi connectivity index (χ0) is 11.0. The highest BCUT2D eigenvalue weighted by Crippen LogP contribution is 2.37. The Hall–Kier alpha value is -0.610. The van der Waals surface area contributed by atoms with Gasteiger partial charge >= 0.3 is 0 Å². The normalized spacial score (nSPS) is 38.7. The van der Waals surface area contributed by atoms with Gasteiger partial charge in [-0.1, -0.05) is 13.8 Å². The van der Waals surface area contributed by atoms with E-state index in [-0.39, 0.29) is 24.1 Å². The summed E-state index contributed by atoms with van der Waals surface area (Å²) in [7, 11) is 0. The molecule has 1 saturated heterocycles. The van der Waals surface area contributed by atoms with Gasteiger partial charge in [0.2, 0.25) is 5.91 Å². The summed E-state index contributed by atoms with van der Waals surface area (Å²) in [5, 5.41) is 2.98. The third-order valence-corrected chi connectivity index (χ3v) is 3.37. The molecule has 2 aliphatic rings. The topological polar surface area (TPSA) is 64.4 Å². The first-order valence-electron chi connectivity index (χ1n) is 5.76. The van der Waals surface area contributed by atoms with Gasteiger partial charge in [-0.3, -0.25) is 4.79 Å². The highest BCUT2D eigenvalue weighted by molar-refractivity contribution is 5.76. The average molecular weight is 212 g/mol. The van der Waals surface area contributed by atoms with Crippen LogP contribution < -0.4 is 11.1 Å². The largest absolute Gasteiger partial charge is 0.376 e. The summed E-state index contributed by atoms with van der Waals surface area (Å²) in [4.78, 5) is 11.6. The van der Waals surface area contributed by atoms with E-state index < -0.39 is 0 Å². The van der Waals surface area contributed by atoms with Crippen LogP contribution in [0, 0.1) is 11.8 Å². The van der Waals surface area contributed by atoms with Gasteiger partial charge in [-0.25, -0.2) is 0 Å². The Kier molecular flexibility index (Phi) is 2.98. The lowest BCUT2D eigenvalue weighted by molar-refractivity contribution is -0.126. The van der Waals surface area contributed by atoms with Crippen molar-refractivity contribution in [1.29, 1.82) is 0 Å². The molecule has 1 heterocycles. The Bertz CT molecular complexity index is 255. The van der Waals surface area contributed by atoms with E-state index in [1.807, 2.05) is 13.8 Å². The van der Waals surface area contributed by atoms with E-state index in [2.05, 4.69) is 5.32 Å². The molecule has 0 aromatic heterocycles. The quantitative estimate of drug-likeness (QED) is 0.705. The number of fused-ring (bicyclic) bond motifs is 1. The molecule has 15 heavy (non-hydrogen) atoms. The maximum atomic E-state index is 11.6. The molecule has 2 fully saturated rings. The second-order valence-electron chi connectivity index (χ2n) is 5.06. The first-order chi connectivity index (χ1) is 7.09. The van der Waals surface area contributed by atoms with Crippen molar-refractivity contribution in [2.24, 2.45) is 17.6 Å². The first kappa shape index (κ1) is 10.9. The molecule has 4 nitrogen and oxygen atoms in total. The van der Waals surface area contributed by atoms with Gasteiger partial charge in [-0.05, 0) is 12.3 Å². The minimum Gasteiger partial charge on any atom is -0.376 e. The van der Waals surface area contributed by atoms with E-state index in [0.29, 0.717) is 18.3 Å². The number of nitrogens with one attached hydrogen (secondary N) is 1. The monoisotopic (exact) mass is 212 g/mol. The van der Waals surface area contributed by atoms with E-state index >= 15 is 0 Å². The molecular weight excluding hydrogens is 192 g/mol.